The quantitative estimate of drug-likeness (QED) is 0.800. The van der Waals surface area contributed by atoms with Crippen LogP contribution < -0.4 is 10.1 Å². The van der Waals surface area contributed by atoms with E-state index in [1.807, 2.05) is 13.0 Å². The number of benzene rings is 1. The van der Waals surface area contributed by atoms with Crippen LogP contribution in [0.3, 0.4) is 0 Å². The summed E-state index contributed by atoms with van der Waals surface area (Å²) in [6.07, 6.45) is 2.24. The van der Waals surface area contributed by atoms with E-state index < -0.39 is 9.84 Å². The van der Waals surface area contributed by atoms with Crippen molar-refractivity contribution < 1.29 is 13.2 Å². The second-order valence-electron chi connectivity index (χ2n) is 4.84. The smallest absolute Gasteiger partial charge is 0.150 e. The molecule has 1 rings (SSSR count). The van der Waals surface area contributed by atoms with Gasteiger partial charge in [-0.3, -0.25) is 0 Å². The van der Waals surface area contributed by atoms with Crippen molar-refractivity contribution >= 4 is 21.4 Å². The molecule has 1 unspecified atom stereocenters. The van der Waals surface area contributed by atoms with E-state index in [0.717, 1.165) is 18.5 Å². The van der Waals surface area contributed by atoms with Gasteiger partial charge in [-0.15, -0.1) is 0 Å². The first-order valence-corrected chi connectivity index (χ1v) is 9.10. The Balaban J connectivity index is 2.79. The summed E-state index contributed by atoms with van der Waals surface area (Å²) in [4.78, 5) is 0. The van der Waals surface area contributed by atoms with Gasteiger partial charge in [-0.05, 0) is 38.1 Å². The van der Waals surface area contributed by atoms with Crippen molar-refractivity contribution in [3.8, 4) is 5.75 Å². The molecule has 0 saturated heterocycles. The fourth-order valence-corrected chi connectivity index (χ4v) is 2.33. The Labute approximate surface area is 126 Å². The Morgan fingerprint density at radius 1 is 1.40 bits per heavy atom. The average Bonchev–Trinajstić information content (AvgIpc) is 2.36. The van der Waals surface area contributed by atoms with Crippen LogP contribution in [-0.4, -0.2) is 33.6 Å². The molecule has 4 nitrogen and oxygen atoms in total. The Morgan fingerprint density at radius 3 is 2.70 bits per heavy atom. The molecule has 1 N–H and O–H groups in total. The fraction of sp³-hybridized carbons (Fsp3) is 0.571. The van der Waals surface area contributed by atoms with Crippen molar-refractivity contribution in [1.82, 2.24) is 5.32 Å². The number of hydrogen-bond acceptors (Lipinski definition) is 4. The summed E-state index contributed by atoms with van der Waals surface area (Å²) in [6, 6.07) is 5.48. The number of rotatable bonds is 8. The summed E-state index contributed by atoms with van der Waals surface area (Å²) in [5.74, 6) is 0.681. The van der Waals surface area contributed by atoms with E-state index in [4.69, 9.17) is 16.3 Å². The lowest BCUT2D eigenvalue weighted by Crippen LogP contribution is -2.20. The number of nitrogens with one attached hydrogen (secondary N) is 1. The first-order chi connectivity index (χ1) is 9.33. The van der Waals surface area contributed by atoms with Crippen LogP contribution in [0.1, 0.15) is 31.9 Å². The normalized spacial score (nSPS) is 13.2. The van der Waals surface area contributed by atoms with Crippen LogP contribution in [0.25, 0.3) is 0 Å². The molecule has 20 heavy (non-hydrogen) atoms. The molecule has 0 saturated carbocycles. The number of halogens is 1. The van der Waals surface area contributed by atoms with Crippen LogP contribution in [0.2, 0.25) is 5.02 Å². The molecular weight excluding hydrogens is 298 g/mol. The lowest BCUT2D eigenvalue weighted by molar-refractivity contribution is 0.333. The zero-order valence-corrected chi connectivity index (χ0v) is 13.7. The van der Waals surface area contributed by atoms with Crippen LogP contribution in [-0.2, 0) is 9.84 Å². The maximum absolute atomic E-state index is 11.1. The van der Waals surface area contributed by atoms with Crippen molar-refractivity contribution in [2.24, 2.45) is 0 Å². The highest BCUT2D eigenvalue weighted by Crippen LogP contribution is 2.28. The summed E-state index contributed by atoms with van der Waals surface area (Å²) in [5, 5.41) is 4.01. The van der Waals surface area contributed by atoms with Crippen LogP contribution in [0, 0.1) is 0 Å². The molecule has 6 heteroatoms. The minimum absolute atomic E-state index is 0.00579. The van der Waals surface area contributed by atoms with Crippen molar-refractivity contribution in [1.29, 1.82) is 0 Å². The second kappa shape index (κ2) is 7.86. The molecule has 1 aromatic rings. The summed E-state index contributed by atoms with van der Waals surface area (Å²) >= 11 is 6.02. The fourth-order valence-electron chi connectivity index (χ4n) is 1.76. The molecule has 0 aliphatic carbocycles. The van der Waals surface area contributed by atoms with Gasteiger partial charge in [0, 0.05) is 22.9 Å². The summed E-state index contributed by atoms with van der Waals surface area (Å²) in [7, 11) is -3.02. The molecule has 0 fully saturated rings. The summed E-state index contributed by atoms with van der Waals surface area (Å²) < 4.78 is 27.8. The van der Waals surface area contributed by atoms with Crippen molar-refractivity contribution in [2.45, 2.75) is 26.3 Å². The molecule has 0 bridgehead atoms. The molecule has 0 amide bonds. The van der Waals surface area contributed by atoms with Gasteiger partial charge in [-0.1, -0.05) is 18.5 Å². The standard InChI is InChI=1S/C14H22ClNO3S/c1-4-7-16-11(2)13-10-12(15)5-6-14(13)19-8-9-20(3,17)18/h5-6,10-11,16H,4,7-9H2,1-3H3. The van der Waals surface area contributed by atoms with Crippen LogP contribution >= 0.6 is 11.6 Å². The zero-order chi connectivity index (χ0) is 15.2. The zero-order valence-electron chi connectivity index (χ0n) is 12.1. The molecule has 0 heterocycles. The van der Waals surface area contributed by atoms with Gasteiger partial charge in [0.2, 0.25) is 0 Å². The van der Waals surface area contributed by atoms with E-state index in [2.05, 4.69) is 12.2 Å². The van der Waals surface area contributed by atoms with Gasteiger partial charge in [0.25, 0.3) is 0 Å². The lowest BCUT2D eigenvalue weighted by atomic mass is 10.1. The second-order valence-corrected chi connectivity index (χ2v) is 7.53. The average molecular weight is 320 g/mol. The van der Waals surface area contributed by atoms with Gasteiger partial charge in [0.15, 0.2) is 9.84 Å². The SMILES string of the molecule is CCCNC(C)c1cc(Cl)ccc1OCCS(C)(=O)=O. The Morgan fingerprint density at radius 2 is 2.10 bits per heavy atom. The maximum atomic E-state index is 11.1. The Hall–Kier alpha value is -0.780. The molecule has 0 radical (unpaired) electrons. The third-order valence-corrected chi connectivity index (χ3v) is 3.99. The summed E-state index contributed by atoms with van der Waals surface area (Å²) in [6.45, 7) is 5.18. The van der Waals surface area contributed by atoms with Gasteiger partial charge in [-0.2, -0.15) is 0 Å². The van der Waals surface area contributed by atoms with Crippen molar-refractivity contribution in [3.63, 3.8) is 0 Å². The van der Waals surface area contributed by atoms with E-state index in [1.54, 1.807) is 12.1 Å². The van der Waals surface area contributed by atoms with Crippen molar-refractivity contribution in [3.05, 3.63) is 28.8 Å². The first kappa shape index (κ1) is 17.3. The van der Waals surface area contributed by atoms with Gasteiger partial charge in [-0.25, -0.2) is 8.42 Å². The van der Waals surface area contributed by atoms with Gasteiger partial charge >= 0.3 is 0 Å². The largest absolute Gasteiger partial charge is 0.492 e. The number of sulfone groups is 1. The Bertz CT molecular complexity index is 531. The summed E-state index contributed by atoms with van der Waals surface area (Å²) in [5.41, 5.74) is 0.944. The molecule has 114 valence electrons. The molecule has 1 atom stereocenters. The molecule has 1 aromatic carbocycles. The minimum atomic E-state index is -3.02. The molecule has 0 aliphatic rings. The third-order valence-electron chi connectivity index (χ3n) is 2.85. The van der Waals surface area contributed by atoms with E-state index in [0.29, 0.717) is 10.8 Å². The highest BCUT2D eigenvalue weighted by Gasteiger charge is 2.12. The van der Waals surface area contributed by atoms with Gasteiger partial charge in [0.05, 0.1) is 5.75 Å². The lowest BCUT2D eigenvalue weighted by Gasteiger charge is -2.18. The molecule has 0 aliphatic heterocycles. The van der Waals surface area contributed by atoms with Gasteiger partial charge < -0.3 is 10.1 Å². The van der Waals surface area contributed by atoms with Crippen LogP contribution in [0.5, 0.6) is 5.75 Å². The van der Waals surface area contributed by atoms with E-state index in [-0.39, 0.29) is 18.4 Å². The topological polar surface area (TPSA) is 55.4 Å². The van der Waals surface area contributed by atoms with E-state index in [9.17, 15) is 8.42 Å². The molecule has 0 spiro atoms. The van der Waals surface area contributed by atoms with E-state index in [1.165, 1.54) is 6.26 Å². The van der Waals surface area contributed by atoms with Gasteiger partial charge in [0.1, 0.15) is 12.4 Å². The third kappa shape index (κ3) is 6.11. The molecule has 0 aromatic heterocycles. The molecular formula is C14H22ClNO3S. The van der Waals surface area contributed by atoms with Crippen LogP contribution in [0.4, 0.5) is 0 Å². The minimum Gasteiger partial charge on any atom is -0.492 e. The van der Waals surface area contributed by atoms with Crippen molar-refractivity contribution in [2.75, 3.05) is 25.2 Å². The Kier molecular flexibility index (Phi) is 6.79. The monoisotopic (exact) mass is 319 g/mol. The van der Waals surface area contributed by atoms with Crippen LogP contribution in [0.15, 0.2) is 18.2 Å². The predicted octanol–water partition coefficient (Wildman–Crippen LogP) is 2.82. The predicted molar refractivity (Wildman–Crippen MR) is 83.4 cm³/mol. The maximum Gasteiger partial charge on any atom is 0.150 e. The highest BCUT2D eigenvalue weighted by molar-refractivity contribution is 7.90. The highest BCUT2D eigenvalue weighted by atomic mass is 35.5. The number of ether oxygens (including phenoxy) is 1. The van der Waals surface area contributed by atoms with E-state index >= 15 is 0 Å². The number of hydrogen-bond donors (Lipinski definition) is 1. The first-order valence-electron chi connectivity index (χ1n) is 6.67.